The summed E-state index contributed by atoms with van der Waals surface area (Å²) < 4.78 is 0.941. The Labute approximate surface area is 171 Å². The lowest BCUT2D eigenvalue weighted by atomic mass is 10.1. The molecule has 0 fully saturated rings. The second kappa shape index (κ2) is 9.19. The van der Waals surface area contributed by atoms with Crippen LogP contribution in [0.5, 0.6) is 0 Å². The fourth-order valence-corrected chi connectivity index (χ4v) is 4.24. The Bertz CT molecular complexity index is 896. The first kappa shape index (κ1) is 19.6. The molecule has 7 heteroatoms. The van der Waals surface area contributed by atoms with E-state index < -0.39 is 0 Å². The van der Waals surface area contributed by atoms with Crippen LogP contribution in [0.2, 0.25) is 0 Å². The minimum atomic E-state index is -0.381. The van der Waals surface area contributed by atoms with Crippen molar-refractivity contribution in [2.24, 2.45) is 0 Å². The maximum atomic E-state index is 13.1. The number of carbonyl (C=O) groups excluding carboxylic acids is 1. The number of aromatic nitrogens is 3. The lowest BCUT2D eigenvalue weighted by Crippen LogP contribution is -2.33. The van der Waals surface area contributed by atoms with Gasteiger partial charge in [-0.25, -0.2) is 4.98 Å². The molecule has 0 aliphatic carbocycles. The molecular weight excluding hydrogens is 424 g/mol. The molecule has 0 unspecified atom stereocenters. The molecule has 5 nitrogen and oxygen atoms in total. The quantitative estimate of drug-likeness (QED) is 0.524. The van der Waals surface area contributed by atoms with E-state index >= 15 is 0 Å². The van der Waals surface area contributed by atoms with Gasteiger partial charge >= 0.3 is 0 Å². The molecule has 1 amide bonds. The monoisotopic (exact) mass is 444 g/mol. The zero-order chi connectivity index (χ0) is 19.2. The summed E-state index contributed by atoms with van der Waals surface area (Å²) in [7, 11) is 0. The summed E-state index contributed by atoms with van der Waals surface area (Å²) in [4.78, 5) is 19.5. The third-order valence-corrected chi connectivity index (χ3v) is 6.01. The van der Waals surface area contributed by atoms with Crippen LogP contribution >= 0.6 is 27.7 Å². The number of hydrogen-bond acceptors (Lipinski definition) is 4. The first-order valence-electron chi connectivity index (χ1n) is 8.81. The van der Waals surface area contributed by atoms with Gasteiger partial charge in [0.2, 0.25) is 11.1 Å². The third kappa shape index (κ3) is 4.59. The van der Waals surface area contributed by atoms with Gasteiger partial charge in [-0.05, 0) is 25.5 Å². The van der Waals surface area contributed by atoms with E-state index in [0.29, 0.717) is 24.1 Å². The summed E-state index contributed by atoms with van der Waals surface area (Å²) in [6.07, 6.45) is 0. The Hall–Kier alpha value is -2.12. The largest absolute Gasteiger partial charge is 0.342 e. The summed E-state index contributed by atoms with van der Waals surface area (Å²) >= 11 is 4.91. The standard InChI is InChI=1S/C20H21BrN4OS/c1-3-25(4-2)19(26)17(14-10-6-5-7-11-14)27-20-22-18(23-24-20)15-12-8-9-13-16(15)21/h5-13,17H,3-4H2,1-2H3,(H,22,23,24)/t17-/m1/s1. The average Bonchev–Trinajstić information content (AvgIpc) is 3.16. The fraction of sp³-hybridized carbons (Fsp3) is 0.250. The molecule has 0 saturated heterocycles. The topological polar surface area (TPSA) is 61.9 Å². The number of carbonyl (C=O) groups is 1. The molecule has 1 N–H and O–H groups in total. The Morgan fingerprint density at radius 1 is 1.11 bits per heavy atom. The SMILES string of the molecule is CCN(CC)C(=O)[C@H](Sc1n[nH]c(-c2ccccc2Br)n1)c1ccccc1. The number of aromatic amines is 1. The van der Waals surface area contributed by atoms with E-state index in [1.54, 1.807) is 0 Å². The highest BCUT2D eigenvalue weighted by Crippen LogP contribution is 2.36. The summed E-state index contributed by atoms with van der Waals surface area (Å²) in [6, 6.07) is 17.6. The molecule has 1 aromatic heterocycles. The normalized spacial score (nSPS) is 12.0. The van der Waals surface area contributed by atoms with Gasteiger partial charge in [-0.15, -0.1) is 5.10 Å². The Kier molecular flexibility index (Phi) is 6.68. The van der Waals surface area contributed by atoms with Gasteiger partial charge in [-0.1, -0.05) is 76.2 Å². The van der Waals surface area contributed by atoms with E-state index in [9.17, 15) is 4.79 Å². The van der Waals surface area contributed by atoms with E-state index in [-0.39, 0.29) is 11.2 Å². The number of benzene rings is 2. The van der Waals surface area contributed by atoms with E-state index in [1.807, 2.05) is 73.3 Å². The molecule has 3 rings (SSSR count). The van der Waals surface area contributed by atoms with Gasteiger partial charge in [0, 0.05) is 23.1 Å². The summed E-state index contributed by atoms with van der Waals surface area (Å²) in [5.41, 5.74) is 1.88. The summed E-state index contributed by atoms with van der Waals surface area (Å²) in [6.45, 7) is 5.34. The van der Waals surface area contributed by atoms with Crippen molar-refractivity contribution < 1.29 is 4.79 Å². The van der Waals surface area contributed by atoms with Crippen molar-refractivity contribution in [3.05, 3.63) is 64.6 Å². The zero-order valence-electron chi connectivity index (χ0n) is 15.2. The molecule has 0 bridgehead atoms. The van der Waals surface area contributed by atoms with Crippen LogP contribution in [0.4, 0.5) is 0 Å². The predicted molar refractivity (Wildman–Crippen MR) is 112 cm³/mol. The van der Waals surface area contributed by atoms with Gasteiger partial charge in [-0.2, -0.15) is 0 Å². The highest BCUT2D eigenvalue weighted by atomic mass is 79.9. The second-order valence-electron chi connectivity index (χ2n) is 5.87. The van der Waals surface area contributed by atoms with E-state index in [1.165, 1.54) is 11.8 Å². The number of nitrogens with zero attached hydrogens (tertiary/aromatic N) is 3. The number of hydrogen-bond donors (Lipinski definition) is 1. The number of H-pyrrole nitrogens is 1. The maximum absolute atomic E-state index is 13.1. The van der Waals surface area contributed by atoms with Gasteiger partial charge < -0.3 is 4.90 Å². The average molecular weight is 445 g/mol. The first-order chi connectivity index (χ1) is 13.1. The van der Waals surface area contributed by atoms with Crippen LogP contribution in [0.25, 0.3) is 11.4 Å². The summed E-state index contributed by atoms with van der Waals surface area (Å²) in [5, 5.41) is 7.48. The molecule has 0 aliphatic rings. The number of nitrogens with one attached hydrogen (secondary N) is 1. The van der Waals surface area contributed by atoms with Crippen LogP contribution in [0.15, 0.2) is 64.2 Å². The highest BCUT2D eigenvalue weighted by Gasteiger charge is 2.27. The van der Waals surface area contributed by atoms with Crippen LogP contribution in [0.1, 0.15) is 24.7 Å². The van der Waals surface area contributed by atoms with Crippen LogP contribution in [-0.4, -0.2) is 39.1 Å². The molecule has 0 radical (unpaired) electrons. The van der Waals surface area contributed by atoms with Crippen molar-refractivity contribution in [2.45, 2.75) is 24.3 Å². The molecule has 27 heavy (non-hydrogen) atoms. The lowest BCUT2D eigenvalue weighted by Gasteiger charge is -2.24. The number of halogens is 1. The number of rotatable bonds is 7. The van der Waals surface area contributed by atoms with E-state index in [4.69, 9.17) is 0 Å². The molecule has 140 valence electrons. The molecule has 2 aromatic carbocycles. The molecule has 0 spiro atoms. The van der Waals surface area contributed by atoms with Gasteiger partial charge in [0.25, 0.3) is 0 Å². The van der Waals surface area contributed by atoms with Crippen molar-refractivity contribution in [1.29, 1.82) is 0 Å². The van der Waals surface area contributed by atoms with Crippen molar-refractivity contribution in [2.75, 3.05) is 13.1 Å². The molecule has 1 atom stereocenters. The van der Waals surface area contributed by atoms with Crippen molar-refractivity contribution in [3.8, 4) is 11.4 Å². The van der Waals surface area contributed by atoms with Gasteiger partial charge in [0.1, 0.15) is 5.25 Å². The molecule has 3 aromatic rings. The first-order valence-corrected chi connectivity index (χ1v) is 10.5. The Morgan fingerprint density at radius 2 is 1.78 bits per heavy atom. The Balaban J connectivity index is 1.89. The summed E-state index contributed by atoms with van der Waals surface area (Å²) in [5.74, 6) is 0.746. The second-order valence-corrected chi connectivity index (χ2v) is 7.79. The van der Waals surface area contributed by atoms with Gasteiger partial charge in [0.15, 0.2) is 5.82 Å². The predicted octanol–water partition coefficient (Wildman–Crippen LogP) is 4.94. The number of amides is 1. The molecule has 0 saturated carbocycles. The fourth-order valence-electron chi connectivity index (χ4n) is 2.77. The Morgan fingerprint density at radius 3 is 2.44 bits per heavy atom. The minimum absolute atomic E-state index is 0.0726. The van der Waals surface area contributed by atoms with E-state index in [2.05, 4.69) is 31.1 Å². The lowest BCUT2D eigenvalue weighted by molar-refractivity contribution is -0.130. The molecular formula is C20H21BrN4OS. The van der Waals surface area contributed by atoms with Gasteiger partial charge in [0.05, 0.1) is 0 Å². The third-order valence-electron chi connectivity index (χ3n) is 4.22. The number of thioether (sulfide) groups is 1. The van der Waals surface area contributed by atoms with Crippen LogP contribution in [0.3, 0.4) is 0 Å². The van der Waals surface area contributed by atoms with Crippen LogP contribution in [-0.2, 0) is 4.79 Å². The smallest absolute Gasteiger partial charge is 0.240 e. The maximum Gasteiger partial charge on any atom is 0.240 e. The van der Waals surface area contributed by atoms with Crippen molar-refractivity contribution in [3.63, 3.8) is 0 Å². The van der Waals surface area contributed by atoms with Gasteiger partial charge in [-0.3, -0.25) is 9.89 Å². The van der Waals surface area contributed by atoms with Crippen LogP contribution < -0.4 is 0 Å². The van der Waals surface area contributed by atoms with Crippen LogP contribution in [0, 0.1) is 0 Å². The zero-order valence-corrected chi connectivity index (χ0v) is 17.6. The minimum Gasteiger partial charge on any atom is -0.342 e. The molecule has 0 aliphatic heterocycles. The van der Waals surface area contributed by atoms with E-state index in [0.717, 1.165) is 15.6 Å². The molecule has 1 heterocycles. The number of likely N-dealkylation sites (N-methyl/N-ethyl adjacent to an activating group) is 1. The van der Waals surface area contributed by atoms with Crippen molar-refractivity contribution >= 4 is 33.6 Å². The van der Waals surface area contributed by atoms with Crippen molar-refractivity contribution in [1.82, 2.24) is 20.1 Å². The highest BCUT2D eigenvalue weighted by molar-refractivity contribution is 9.10.